The maximum Gasteiger partial charge on any atom is 0.251 e. The molecule has 3 N–H and O–H groups in total. The zero-order valence-corrected chi connectivity index (χ0v) is 11.0. The first-order valence-electron chi connectivity index (χ1n) is 6.42. The Balaban J connectivity index is 2.15. The smallest absolute Gasteiger partial charge is 0.251 e. The standard InChI is InChI=1S/C14H19FN2O2/c1-10-6-11(8-12(15)7-10)13(18)17-14(9-16)2-4-19-5-3-14/h6-8H,2-5,9,16H2,1H3,(H,17,18). The second-order valence-corrected chi connectivity index (χ2v) is 5.07. The predicted octanol–water partition coefficient (Wildman–Crippen LogP) is 1.37. The molecular weight excluding hydrogens is 247 g/mol. The van der Waals surface area contributed by atoms with Gasteiger partial charge in [0.1, 0.15) is 5.82 Å². The van der Waals surface area contributed by atoms with Crippen LogP contribution in [0.1, 0.15) is 28.8 Å². The Labute approximate surface area is 112 Å². The summed E-state index contributed by atoms with van der Waals surface area (Å²) >= 11 is 0. The summed E-state index contributed by atoms with van der Waals surface area (Å²) in [6.07, 6.45) is 1.37. The summed E-state index contributed by atoms with van der Waals surface area (Å²) in [6.45, 7) is 3.28. The third-order valence-electron chi connectivity index (χ3n) is 3.52. The van der Waals surface area contributed by atoms with E-state index in [2.05, 4.69) is 5.32 Å². The van der Waals surface area contributed by atoms with E-state index < -0.39 is 11.4 Å². The fourth-order valence-electron chi connectivity index (χ4n) is 2.32. The number of amides is 1. The average Bonchev–Trinajstić information content (AvgIpc) is 2.38. The average molecular weight is 266 g/mol. The summed E-state index contributed by atoms with van der Waals surface area (Å²) in [6, 6.07) is 4.30. The van der Waals surface area contributed by atoms with Gasteiger partial charge in [0.25, 0.3) is 5.91 Å². The molecule has 1 amide bonds. The maximum absolute atomic E-state index is 13.3. The lowest BCUT2D eigenvalue weighted by atomic mass is 9.89. The Morgan fingerprint density at radius 1 is 1.42 bits per heavy atom. The number of rotatable bonds is 3. The third kappa shape index (κ3) is 3.30. The Bertz CT molecular complexity index is 450. The molecule has 1 aromatic rings. The summed E-state index contributed by atoms with van der Waals surface area (Å²) < 4.78 is 18.6. The Morgan fingerprint density at radius 2 is 2.11 bits per heavy atom. The van der Waals surface area contributed by atoms with E-state index in [1.54, 1.807) is 13.0 Å². The van der Waals surface area contributed by atoms with Gasteiger partial charge in [0.15, 0.2) is 0 Å². The van der Waals surface area contributed by atoms with Crippen molar-refractivity contribution in [2.24, 2.45) is 5.73 Å². The lowest BCUT2D eigenvalue weighted by Gasteiger charge is -2.37. The van der Waals surface area contributed by atoms with Crippen molar-refractivity contribution in [2.75, 3.05) is 19.8 Å². The van der Waals surface area contributed by atoms with Crippen molar-refractivity contribution in [1.82, 2.24) is 5.32 Å². The molecule has 2 rings (SSSR count). The molecule has 1 fully saturated rings. The summed E-state index contributed by atoms with van der Waals surface area (Å²) in [5, 5.41) is 2.94. The van der Waals surface area contributed by atoms with E-state index in [1.807, 2.05) is 0 Å². The van der Waals surface area contributed by atoms with Crippen LogP contribution in [0.15, 0.2) is 18.2 Å². The summed E-state index contributed by atoms with van der Waals surface area (Å²) in [5.74, 6) is -0.686. The topological polar surface area (TPSA) is 64.4 Å². The Morgan fingerprint density at radius 3 is 2.68 bits per heavy atom. The molecule has 0 saturated carbocycles. The van der Waals surface area contributed by atoms with E-state index in [-0.39, 0.29) is 5.91 Å². The van der Waals surface area contributed by atoms with Crippen LogP contribution in [0.25, 0.3) is 0 Å². The summed E-state index contributed by atoms with van der Waals surface area (Å²) in [4.78, 5) is 12.2. The van der Waals surface area contributed by atoms with Crippen molar-refractivity contribution in [3.63, 3.8) is 0 Å². The van der Waals surface area contributed by atoms with Crippen LogP contribution < -0.4 is 11.1 Å². The number of hydrogen-bond donors (Lipinski definition) is 2. The van der Waals surface area contributed by atoms with Gasteiger partial charge in [-0.1, -0.05) is 0 Å². The number of hydrogen-bond acceptors (Lipinski definition) is 3. The van der Waals surface area contributed by atoms with Gasteiger partial charge in [0.05, 0.1) is 5.54 Å². The van der Waals surface area contributed by atoms with Crippen LogP contribution >= 0.6 is 0 Å². The highest BCUT2D eigenvalue weighted by atomic mass is 19.1. The van der Waals surface area contributed by atoms with E-state index in [4.69, 9.17) is 10.5 Å². The van der Waals surface area contributed by atoms with Crippen LogP contribution in [-0.4, -0.2) is 31.2 Å². The first kappa shape index (κ1) is 14.0. The molecule has 1 heterocycles. The number of nitrogens with one attached hydrogen (secondary N) is 1. The highest BCUT2D eigenvalue weighted by molar-refractivity contribution is 5.94. The van der Waals surface area contributed by atoms with E-state index in [0.717, 1.165) is 5.56 Å². The molecule has 104 valence electrons. The van der Waals surface area contributed by atoms with Gasteiger partial charge in [-0.05, 0) is 43.5 Å². The molecule has 5 heteroatoms. The fourth-order valence-corrected chi connectivity index (χ4v) is 2.32. The summed E-state index contributed by atoms with van der Waals surface area (Å²) in [7, 11) is 0. The minimum Gasteiger partial charge on any atom is -0.381 e. The minimum absolute atomic E-state index is 0.282. The monoisotopic (exact) mass is 266 g/mol. The van der Waals surface area contributed by atoms with Crippen LogP contribution in [0.3, 0.4) is 0 Å². The number of carbonyl (C=O) groups is 1. The van der Waals surface area contributed by atoms with Gasteiger partial charge < -0.3 is 15.8 Å². The second kappa shape index (κ2) is 5.67. The van der Waals surface area contributed by atoms with Crippen molar-refractivity contribution in [3.05, 3.63) is 35.1 Å². The minimum atomic E-state index is -0.435. The molecular formula is C14H19FN2O2. The quantitative estimate of drug-likeness (QED) is 0.868. The van der Waals surface area contributed by atoms with Gasteiger partial charge in [-0.2, -0.15) is 0 Å². The number of benzene rings is 1. The molecule has 0 radical (unpaired) electrons. The van der Waals surface area contributed by atoms with Gasteiger partial charge in [0, 0.05) is 25.3 Å². The fraction of sp³-hybridized carbons (Fsp3) is 0.500. The van der Waals surface area contributed by atoms with Gasteiger partial charge in [0.2, 0.25) is 0 Å². The molecule has 19 heavy (non-hydrogen) atoms. The van der Waals surface area contributed by atoms with E-state index in [1.165, 1.54) is 12.1 Å². The van der Waals surface area contributed by atoms with E-state index >= 15 is 0 Å². The van der Waals surface area contributed by atoms with Gasteiger partial charge in [-0.25, -0.2) is 4.39 Å². The highest BCUT2D eigenvalue weighted by Crippen LogP contribution is 2.20. The number of nitrogens with two attached hydrogens (primary N) is 1. The van der Waals surface area contributed by atoms with Crippen molar-refractivity contribution in [1.29, 1.82) is 0 Å². The van der Waals surface area contributed by atoms with Crippen LogP contribution in [0.2, 0.25) is 0 Å². The van der Waals surface area contributed by atoms with Crippen LogP contribution in [0.5, 0.6) is 0 Å². The van der Waals surface area contributed by atoms with Crippen molar-refractivity contribution in [3.8, 4) is 0 Å². The first-order chi connectivity index (χ1) is 9.04. The third-order valence-corrected chi connectivity index (χ3v) is 3.52. The van der Waals surface area contributed by atoms with Crippen LogP contribution in [0, 0.1) is 12.7 Å². The van der Waals surface area contributed by atoms with Crippen molar-refractivity contribution < 1.29 is 13.9 Å². The predicted molar refractivity (Wildman–Crippen MR) is 70.4 cm³/mol. The molecule has 0 aromatic heterocycles. The molecule has 1 aliphatic rings. The van der Waals surface area contributed by atoms with E-state index in [9.17, 15) is 9.18 Å². The van der Waals surface area contributed by atoms with Gasteiger partial charge in [-0.15, -0.1) is 0 Å². The van der Waals surface area contributed by atoms with Crippen molar-refractivity contribution in [2.45, 2.75) is 25.3 Å². The number of aryl methyl sites for hydroxylation is 1. The zero-order valence-electron chi connectivity index (χ0n) is 11.0. The normalized spacial score (nSPS) is 18.1. The lowest BCUT2D eigenvalue weighted by molar-refractivity contribution is 0.0388. The molecule has 1 saturated heterocycles. The SMILES string of the molecule is Cc1cc(F)cc(C(=O)NC2(CN)CCOCC2)c1. The molecule has 0 aliphatic carbocycles. The molecule has 0 atom stereocenters. The molecule has 0 spiro atoms. The van der Waals surface area contributed by atoms with Gasteiger partial charge in [-0.3, -0.25) is 4.79 Å². The molecule has 1 aliphatic heterocycles. The van der Waals surface area contributed by atoms with E-state index in [0.29, 0.717) is 38.2 Å². The molecule has 0 bridgehead atoms. The molecule has 0 unspecified atom stereocenters. The maximum atomic E-state index is 13.3. The highest BCUT2D eigenvalue weighted by Gasteiger charge is 2.33. The largest absolute Gasteiger partial charge is 0.381 e. The second-order valence-electron chi connectivity index (χ2n) is 5.07. The number of ether oxygens (including phenoxy) is 1. The van der Waals surface area contributed by atoms with Crippen LogP contribution in [0.4, 0.5) is 4.39 Å². The first-order valence-corrected chi connectivity index (χ1v) is 6.42. The number of halogens is 1. The Hall–Kier alpha value is -1.46. The van der Waals surface area contributed by atoms with Crippen molar-refractivity contribution >= 4 is 5.91 Å². The zero-order chi connectivity index (χ0) is 13.9. The number of carbonyl (C=O) groups excluding carboxylic acids is 1. The lowest BCUT2D eigenvalue weighted by Crippen LogP contribution is -2.56. The summed E-state index contributed by atoms with van der Waals surface area (Å²) in [5.41, 5.74) is 6.40. The molecule has 1 aromatic carbocycles. The molecule has 4 nitrogen and oxygen atoms in total. The van der Waals surface area contributed by atoms with Crippen LogP contribution in [-0.2, 0) is 4.74 Å². The van der Waals surface area contributed by atoms with Gasteiger partial charge >= 0.3 is 0 Å². The Kier molecular flexibility index (Phi) is 4.17.